The molecule has 11 heteroatoms. The number of hydrogen-bond donors (Lipinski definition) is 4. The molecule has 2 amide bonds. The summed E-state index contributed by atoms with van der Waals surface area (Å²) in [5, 5.41) is 24.8. The van der Waals surface area contributed by atoms with Crippen molar-refractivity contribution in [1.29, 1.82) is 0 Å². The van der Waals surface area contributed by atoms with Crippen LogP contribution in [0, 0.1) is 0 Å². The van der Waals surface area contributed by atoms with E-state index in [1.165, 1.54) is 32.1 Å². The lowest BCUT2D eigenvalue weighted by atomic mass is 9.95. The van der Waals surface area contributed by atoms with Crippen molar-refractivity contribution in [2.45, 2.75) is 57.3 Å². The van der Waals surface area contributed by atoms with E-state index in [1.54, 1.807) is 6.92 Å². The summed E-state index contributed by atoms with van der Waals surface area (Å²) in [6.07, 6.45) is -2.77. The SMILES string of the molecule is C=N/C(=C\C(=C/C)NC(=O)Cc1cc(O)c(C(C)(C)O)cc1Cl)C(=O)NC1(C(F)(F)F)CC1. The number of benzene rings is 1. The molecule has 0 aliphatic heterocycles. The fourth-order valence-electron chi connectivity index (χ4n) is 3.02. The number of carbonyl (C=O) groups excluding carboxylic acids is 2. The summed E-state index contributed by atoms with van der Waals surface area (Å²) in [7, 11) is 0. The highest BCUT2D eigenvalue weighted by Crippen LogP contribution is 2.49. The lowest BCUT2D eigenvalue weighted by molar-refractivity contribution is -0.169. The molecule has 1 saturated carbocycles. The summed E-state index contributed by atoms with van der Waals surface area (Å²) in [5.74, 6) is -1.88. The third-order valence-electron chi connectivity index (χ3n) is 5.11. The number of aliphatic imine (C=N–C) groups is 1. The van der Waals surface area contributed by atoms with E-state index in [0.29, 0.717) is 0 Å². The minimum atomic E-state index is -4.59. The molecule has 180 valence electrons. The smallest absolute Gasteiger partial charge is 0.411 e. The Kier molecular flexibility index (Phi) is 7.65. The summed E-state index contributed by atoms with van der Waals surface area (Å²) in [4.78, 5) is 28.2. The van der Waals surface area contributed by atoms with Crippen LogP contribution in [0.5, 0.6) is 5.75 Å². The van der Waals surface area contributed by atoms with Crippen LogP contribution in [-0.4, -0.2) is 40.5 Å². The molecular weight excluding hydrogens is 463 g/mol. The summed E-state index contributed by atoms with van der Waals surface area (Å²) in [6, 6.07) is 2.62. The minimum absolute atomic E-state index is 0.0999. The molecule has 1 aliphatic carbocycles. The van der Waals surface area contributed by atoms with Gasteiger partial charge in [-0.05, 0) is 64.1 Å². The summed E-state index contributed by atoms with van der Waals surface area (Å²) >= 11 is 6.18. The summed E-state index contributed by atoms with van der Waals surface area (Å²) < 4.78 is 39.3. The van der Waals surface area contributed by atoms with Crippen LogP contribution in [0.3, 0.4) is 0 Å². The molecule has 0 atom stereocenters. The number of allylic oxidation sites excluding steroid dienone is 2. The monoisotopic (exact) mass is 487 g/mol. The maximum atomic E-state index is 13.1. The van der Waals surface area contributed by atoms with Gasteiger partial charge in [0.2, 0.25) is 5.91 Å². The normalized spacial score (nSPS) is 16.2. The molecule has 0 unspecified atom stereocenters. The van der Waals surface area contributed by atoms with Crippen molar-refractivity contribution < 1.29 is 33.0 Å². The van der Waals surface area contributed by atoms with Gasteiger partial charge < -0.3 is 20.8 Å². The summed E-state index contributed by atoms with van der Waals surface area (Å²) in [5.41, 5.74) is -3.45. The first-order chi connectivity index (χ1) is 15.1. The number of phenolic OH excluding ortho intramolecular Hbond substituents is 1. The Labute approximate surface area is 194 Å². The average molecular weight is 488 g/mol. The predicted octanol–water partition coefficient (Wildman–Crippen LogP) is 3.63. The van der Waals surface area contributed by atoms with Crippen molar-refractivity contribution in [2.24, 2.45) is 4.99 Å². The van der Waals surface area contributed by atoms with Gasteiger partial charge in [0.15, 0.2) is 0 Å². The van der Waals surface area contributed by atoms with E-state index in [2.05, 4.69) is 17.0 Å². The highest BCUT2D eigenvalue weighted by Gasteiger charge is 2.64. The first kappa shape index (κ1) is 26.4. The quantitative estimate of drug-likeness (QED) is 0.255. The van der Waals surface area contributed by atoms with Crippen molar-refractivity contribution in [3.05, 3.63) is 51.8 Å². The van der Waals surface area contributed by atoms with E-state index in [-0.39, 0.29) is 46.9 Å². The van der Waals surface area contributed by atoms with E-state index in [1.807, 2.05) is 5.32 Å². The summed E-state index contributed by atoms with van der Waals surface area (Å²) in [6.45, 7) is 7.69. The number of halogens is 4. The predicted molar refractivity (Wildman–Crippen MR) is 118 cm³/mol. The van der Waals surface area contributed by atoms with Crippen LogP contribution in [0.2, 0.25) is 5.02 Å². The Balaban J connectivity index is 2.13. The minimum Gasteiger partial charge on any atom is -0.508 e. The maximum absolute atomic E-state index is 13.1. The van der Waals surface area contributed by atoms with Gasteiger partial charge in [0.25, 0.3) is 5.91 Å². The second-order valence-corrected chi connectivity index (χ2v) is 8.62. The molecule has 2 rings (SSSR count). The van der Waals surface area contributed by atoms with Crippen molar-refractivity contribution in [3.63, 3.8) is 0 Å². The van der Waals surface area contributed by atoms with Crippen LogP contribution in [-0.2, 0) is 21.6 Å². The van der Waals surface area contributed by atoms with Gasteiger partial charge in [-0.1, -0.05) is 17.7 Å². The Hall–Kier alpha value is -2.85. The molecule has 0 bridgehead atoms. The average Bonchev–Trinajstić information content (AvgIpc) is 3.47. The molecule has 0 aromatic heterocycles. The van der Waals surface area contributed by atoms with Crippen LogP contribution in [0.25, 0.3) is 0 Å². The highest BCUT2D eigenvalue weighted by molar-refractivity contribution is 6.31. The van der Waals surface area contributed by atoms with Gasteiger partial charge in [-0.25, -0.2) is 0 Å². The van der Waals surface area contributed by atoms with Crippen LogP contribution in [0.1, 0.15) is 44.7 Å². The molecule has 7 nitrogen and oxygen atoms in total. The molecule has 1 fully saturated rings. The molecule has 0 radical (unpaired) electrons. The zero-order chi connectivity index (χ0) is 25.2. The lowest BCUT2D eigenvalue weighted by Crippen LogP contribution is -2.48. The maximum Gasteiger partial charge on any atom is 0.411 e. The van der Waals surface area contributed by atoms with Gasteiger partial charge in [0.1, 0.15) is 17.0 Å². The van der Waals surface area contributed by atoms with E-state index in [9.17, 15) is 33.0 Å². The highest BCUT2D eigenvalue weighted by atomic mass is 35.5. The number of hydrogen-bond acceptors (Lipinski definition) is 5. The third kappa shape index (κ3) is 6.35. The number of carbonyl (C=O) groups is 2. The topological polar surface area (TPSA) is 111 Å². The van der Waals surface area contributed by atoms with Crippen LogP contribution in [0.4, 0.5) is 13.2 Å². The molecule has 4 N–H and O–H groups in total. The van der Waals surface area contributed by atoms with Gasteiger partial charge in [-0.2, -0.15) is 13.2 Å². The molecule has 1 aliphatic rings. The van der Waals surface area contributed by atoms with Crippen LogP contribution >= 0.6 is 11.6 Å². The Bertz CT molecular complexity index is 1020. The van der Waals surface area contributed by atoms with E-state index in [4.69, 9.17) is 11.6 Å². The standard InChI is InChI=1S/C22H25ClF3N3O4/c1-5-13(10-16(27-4)19(32)29-21(6-7-21)22(24,25)26)28-18(31)9-12-8-17(30)14(11-15(12)23)20(2,3)33/h5,8,10-11,30,33H,4,6-7,9H2,1-3H3,(H,28,31)(H,29,32)/b13-5+,16-10-. The number of amides is 2. The number of phenols is 1. The fraction of sp³-hybridized carbons (Fsp3) is 0.409. The Morgan fingerprint density at radius 3 is 2.36 bits per heavy atom. The molecule has 0 spiro atoms. The van der Waals surface area contributed by atoms with Crippen molar-refractivity contribution in [3.8, 4) is 5.75 Å². The largest absolute Gasteiger partial charge is 0.508 e. The van der Waals surface area contributed by atoms with Gasteiger partial charge in [-0.3, -0.25) is 14.6 Å². The number of nitrogens with one attached hydrogen (secondary N) is 2. The zero-order valence-electron chi connectivity index (χ0n) is 18.3. The first-order valence-electron chi connectivity index (χ1n) is 9.91. The molecule has 1 aromatic rings. The van der Waals surface area contributed by atoms with Crippen LogP contribution < -0.4 is 10.6 Å². The molecule has 33 heavy (non-hydrogen) atoms. The van der Waals surface area contributed by atoms with Gasteiger partial charge in [0.05, 0.1) is 12.0 Å². The molecule has 0 saturated heterocycles. The van der Waals surface area contributed by atoms with Gasteiger partial charge in [-0.15, -0.1) is 0 Å². The van der Waals surface area contributed by atoms with E-state index in [0.717, 1.165) is 6.08 Å². The lowest BCUT2D eigenvalue weighted by Gasteiger charge is -2.21. The molecule has 1 aromatic carbocycles. The fourth-order valence-corrected chi connectivity index (χ4v) is 3.25. The van der Waals surface area contributed by atoms with Crippen molar-refractivity contribution >= 4 is 30.1 Å². The van der Waals surface area contributed by atoms with Crippen LogP contribution in [0.15, 0.2) is 40.7 Å². The van der Waals surface area contributed by atoms with Gasteiger partial charge >= 0.3 is 6.18 Å². The molecule has 0 heterocycles. The second-order valence-electron chi connectivity index (χ2n) is 8.21. The second kappa shape index (κ2) is 9.56. The Morgan fingerprint density at radius 1 is 1.30 bits per heavy atom. The van der Waals surface area contributed by atoms with Crippen molar-refractivity contribution in [2.75, 3.05) is 0 Å². The van der Waals surface area contributed by atoms with Gasteiger partial charge in [0, 0.05) is 16.3 Å². The van der Waals surface area contributed by atoms with Crippen molar-refractivity contribution in [1.82, 2.24) is 10.6 Å². The number of aliphatic hydroxyl groups is 1. The number of nitrogens with zero attached hydrogens (tertiary/aromatic N) is 1. The zero-order valence-corrected chi connectivity index (χ0v) is 19.1. The van der Waals surface area contributed by atoms with E-state index < -0.39 is 34.8 Å². The Morgan fingerprint density at radius 2 is 1.91 bits per heavy atom. The van der Waals surface area contributed by atoms with E-state index >= 15 is 0 Å². The first-order valence-corrected chi connectivity index (χ1v) is 10.3. The third-order valence-corrected chi connectivity index (χ3v) is 5.46. The number of rotatable bonds is 8. The number of alkyl halides is 3. The number of aromatic hydroxyl groups is 1. The molecular formula is C22H25ClF3N3O4.